The molecular weight excluding hydrogens is 354 g/mol. The number of hydrogen-bond donors (Lipinski definition) is 3. The fourth-order valence-electron chi connectivity index (χ4n) is 3.78. The zero-order valence-corrected chi connectivity index (χ0v) is 15.2. The zero-order valence-electron chi connectivity index (χ0n) is 15.2. The van der Waals surface area contributed by atoms with E-state index in [1.807, 2.05) is 42.5 Å². The lowest BCUT2D eigenvalue weighted by Crippen LogP contribution is -2.22. The van der Waals surface area contributed by atoms with Crippen LogP contribution in [0, 0.1) is 0 Å². The van der Waals surface area contributed by atoms with Gasteiger partial charge in [-0.1, -0.05) is 30.3 Å². The van der Waals surface area contributed by atoms with Gasteiger partial charge in [-0.3, -0.25) is 4.57 Å². The van der Waals surface area contributed by atoms with Crippen molar-refractivity contribution < 1.29 is 10.2 Å². The molecule has 2 atom stereocenters. The second-order valence-corrected chi connectivity index (χ2v) is 7.06. The lowest BCUT2D eigenvalue weighted by Gasteiger charge is -2.18. The molecule has 1 aliphatic heterocycles. The van der Waals surface area contributed by atoms with E-state index in [9.17, 15) is 10.2 Å². The van der Waals surface area contributed by atoms with Crippen molar-refractivity contribution in [3.8, 4) is 5.88 Å². The van der Waals surface area contributed by atoms with E-state index in [4.69, 9.17) is 0 Å². The van der Waals surface area contributed by atoms with Gasteiger partial charge in [-0.05, 0) is 34.6 Å². The van der Waals surface area contributed by atoms with Crippen LogP contribution in [0.1, 0.15) is 22.9 Å². The van der Waals surface area contributed by atoms with E-state index in [1.165, 1.54) is 6.34 Å². The molecule has 0 unspecified atom stereocenters. The standard InChI is InChI=1S/C21H19N5O2/c1-26-20(28)17(9-12-6-7-15-16(8-12)23-11-22-15)24-21(26)25-19-14-5-3-2-4-13(14)10-18(19)27/h2-9,11,18-19,27-28H,10H2,1H3,(H,24,25)/b12-9+/t18-,19-/m0/s1. The lowest BCUT2D eigenvalue weighted by molar-refractivity contribution is 0.165. The molecule has 1 aromatic heterocycles. The smallest absolute Gasteiger partial charge is 0.220 e. The van der Waals surface area contributed by atoms with Gasteiger partial charge in [-0.2, -0.15) is 0 Å². The minimum atomic E-state index is -0.540. The molecule has 0 fully saturated rings. The highest BCUT2D eigenvalue weighted by atomic mass is 16.3. The van der Waals surface area contributed by atoms with Crippen molar-refractivity contribution in [2.75, 3.05) is 5.32 Å². The summed E-state index contributed by atoms with van der Waals surface area (Å²) < 4.78 is 1.58. The minimum Gasteiger partial charge on any atom is -0.493 e. The van der Waals surface area contributed by atoms with Crippen LogP contribution in [0.15, 0.2) is 52.4 Å². The average Bonchev–Trinajstić information content (AvgIpc) is 3.35. The summed E-state index contributed by atoms with van der Waals surface area (Å²) in [5.41, 5.74) is 3.43. The Bertz CT molecular complexity index is 1230. The fourth-order valence-corrected chi connectivity index (χ4v) is 3.78. The van der Waals surface area contributed by atoms with Gasteiger partial charge in [-0.15, -0.1) is 0 Å². The van der Waals surface area contributed by atoms with Crippen molar-refractivity contribution in [2.24, 2.45) is 17.0 Å². The Morgan fingerprint density at radius 3 is 2.96 bits per heavy atom. The number of aliphatic hydroxyl groups is 1. The predicted molar refractivity (Wildman–Crippen MR) is 106 cm³/mol. The fraction of sp³-hybridized carbons (Fsp3) is 0.190. The van der Waals surface area contributed by atoms with Crippen molar-refractivity contribution in [3.05, 3.63) is 69.9 Å². The van der Waals surface area contributed by atoms with E-state index >= 15 is 0 Å². The molecule has 7 nitrogen and oxygen atoms in total. The van der Waals surface area contributed by atoms with E-state index in [1.54, 1.807) is 17.7 Å². The molecule has 0 spiro atoms. The molecule has 0 radical (unpaired) electrons. The predicted octanol–water partition coefficient (Wildman–Crippen LogP) is 1.32. The number of nitrogens with one attached hydrogen (secondary N) is 1. The Morgan fingerprint density at radius 1 is 1.21 bits per heavy atom. The van der Waals surface area contributed by atoms with Crippen molar-refractivity contribution in [1.29, 1.82) is 0 Å². The first-order valence-electron chi connectivity index (χ1n) is 9.10. The number of anilines is 1. The van der Waals surface area contributed by atoms with Crippen molar-refractivity contribution >= 4 is 24.1 Å². The van der Waals surface area contributed by atoms with Gasteiger partial charge in [0.1, 0.15) is 12.0 Å². The molecule has 0 saturated carbocycles. The summed E-state index contributed by atoms with van der Waals surface area (Å²) in [5.74, 6) is 0.552. The molecule has 0 amide bonds. The van der Waals surface area contributed by atoms with Crippen LogP contribution in [-0.2, 0) is 13.5 Å². The van der Waals surface area contributed by atoms with Crippen molar-refractivity contribution in [1.82, 2.24) is 9.55 Å². The summed E-state index contributed by atoms with van der Waals surface area (Å²) >= 11 is 0. The first-order chi connectivity index (χ1) is 13.6. The van der Waals surface area contributed by atoms with Gasteiger partial charge >= 0.3 is 0 Å². The maximum Gasteiger partial charge on any atom is 0.220 e. The molecular formula is C21H19N5O2. The Hall–Kier alpha value is -3.45. The number of aliphatic hydroxyl groups excluding tert-OH is 1. The van der Waals surface area contributed by atoms with Gasteiger partial charge < -0.3 is 15.5 Å². The molecule has 2 aromatic carbocycles. The highest BCUT2D eigenvalue weighted by Crippen LogP contribution is 2.34. The zero-order chi connectivity index (χ0) is 19.3. The van der Waals surface area contributed by atoms with E-state index in [-0.39, 0.29) is 11.9 Å². The summed E-state index contributed by atoms with van der Waals surface area (Å²) in [6.07, 6.45) is 3.39. The third-order valence-electron chi connectivity index (χ3n) is 5.28. The molecule has 140 valence electrons. The van der Waals surface area contributed by atoms with E-state index in [0.29, 0.717) is 18.1 Å². The Kier molecular flexibility index (Phi) is 3.77. The summed E-state index contributed by atoms with van der Waals surface area (Å²) in [4.78, 5) is 12.9. The van der Waals surface area contributed by atoms with E-state index in [0.717, 1.165) is 27.4 Å². The molecule has 28 heavy (non-hydrogen) atoms. The van der Waals surface area contributed by atoms with E-state index < -0.39 is 6.10 Å². The minimum absolute atomic E-state index is 0.0527. The van der Waals surface area contributed by atoms with Crippen LogP contribution in [-0.4, -0.2) is 32.2 Å². The summed E-state index contributed by atoms with van der Waals surface area (Å²) in [7, 11) is 1.74. The van der Waals surface area contributed by atoms with Gasteiger partial charge in [0.15, 0.2) is 0 Å². The van der Waals surface area contributed by atoms with Crippen LogP contribution in [0.5, 0.6) is 5.88 Å². The highest BCUT2D eigenvalue weighted by Gasteiger charge is 2.31. The van der Waals surface area contributed by atoms with Crippen LogP contribution < -0.4 is 15.9 Å². The monoisotopic (exact) mass is 373 g/mol. The summed E-state index contributed by atoms with van der Waals surface area (Å²) in [6.45, 7) is 0. The number of nitrogens with zero attached hydrogens (tertiary/aromatic N) is 4. The van der Waals surface area contributed by atoms with Crippen LogP contribution in [0.2, 0.25) is 0 Å². The molecule has 3 N–H and O–H groups in total. The van der Waals surface area contributed by atoms with Gasteiger partial charge in [0, 0.05) is 13.5 Å². The normalized spacial score (nSPS) is 20.1. The van der Waals surface area contributed by atoms with Gasteiger partial charge in [0.2, 0.25) is 11.8 Å². The molecule has 5 rings (SSSR count). The quantitative estimate of drug-likeness (QED) is 0.645. The van der Waals surface area contributed by atoms with Crippen LogP contribution in [0.4, 0.5) is 11.6 Å². The largest absolute Gasteiger partial charge is 0.493 e. The van der Waals surface area contributed by atoms with Gasteiger partial charge in [0.05, 0.1) is 23.2 Å². The van der Waals surface area contributed by atoms with Crippen molar-refractivity contribution in [2.45, 2.75) is 18.6 Å². The molecule has 2 heterocycles. The Morgan fingerprint density at radius 2 is 2.07 bits per heavy atom. The summed E-state index contributed by atoms with van der Waals surface area (Å²) in [6, 6.07) is 13.4. The third-order valence-corrected chi connectivity index (χ3v) is 5.28. The number of hydrogen-bond acceptors (Lipinski definition) is 6. The van der Waals surface area contributed by atoms with Crippen LogP contribution in [0.25, 0.3) is 6.08 Å². The van der Waals surface area contributed by atoms with Gasteiger partial charge in [-0.25, -0.2) is 15.0 Å². The third kappa shape index (κ3) is 2.68. The number of aliphatic imine (C=N–C) groups is 1. The first-order valence-corrected chi connectivity index (χ1v) is 9.10. The molecule has 7 heteroatoms. The first kappa shape index (κ1) is 16.7. The Labute approximate surface area is 161 Å². The number of fused-ring (bicyclic) bond motifs is 2. The molecule has 1 aliphatic carbocycles. The lowest BCUT2D eigenvalue weighted by atomic mass is 10.1. The maximum atomic E-state index is 10.5. The number of aromatic hydroxyl groups is 1. The van der Waals surface area contributed by atoms with Crippen LogP contribution >= 0.6 is 0 Å². The topological polar surface area (TPSA) is 95.0 Å². The molecule has 2 aliphatic rings. The van der Waals surface area contributed by atoms with Gasteiger partial charge in [0.25, 0.3) is 0 Å². The van der Waals surface area contributed by atoms with Crippen molar-refractivity contribution in [3.63, 3.8) is 0 Å². The molecule has 0 bridgehead atoms. The molecule has 0 saturated heterocycles. The highest BCUT2D eigenvalue weighted by molar-refractivity contribution is 5.67. The maximum absolute atomic E-state index is 10.5. The number of imidazole rings is 1. The SMILES string of the molecule is Cn1c(N[C@H]2c3ccccc3C[C@@H]2O)nc(/C=c2\ccc3c(c2)N=CN=3)c1O. The molecule has 3 aromatic rings. The number of rotatable bonds is 3. The Balaban J connectivity index is 1.49. The number of aromatic nitrogens is 2. The summed E-state index contributed by atoms with van der Waals surface area (Å²) in [5, 5.41) is 26.0. The second-order valence-electron chi connectivity index (χ2n) is 7.06. The number of benzene rings is 2. The van der Waals surface area contributed by atoms with Crippen LogP contribution in [0.3, 0.4) is 0 Å². The average molecular weight is 373 g/mol. The van der Waals surface area contributed by atoms with E-state index in [2.05, 4.69) is 20.3 Å². The second kappa shape index (κ2) is 6.31.